The second-order valence-electron chi connectivity index (χ2n) is 6.64. The maximum Gasteiger partial charge on any atom is 0.269 e. The van der Waals surface area contributed by atoms with Crippen molar-refractivity contribution in [3.05, 3.63) is 75.6 Å². The summed E-state index contributed by atoms with van der Waals surface area (Å²) < 4.78 is 14.0. The number of primary amides is 1. The summed E-state index contributed by atoms with van der Waals surface area (Å²) in [5.41, 5.74) is 6.02. The third-order valence-corrected chi connectivity index (χ3v) is 4.32. The molecule has 2 rings (SSSR count). The van der Waals surface area contributed by atoms with Crippen molar-refractivity contribution >= 4 is 23.4 Å². The van der Waals surface area contributed by atoms with Crippen LogP contribution in [0.15, 0.2) is 48.5 Å². The molecule has 0 aromatic heterocycles. The van der Waals surface area contributed by atoms with E-state index in [1.165, 1.54) is 49.4 Å². The van der Waals surface area contributed by atoms with Gasteiger partial charge in [0.05, 0.1) is 4.92 Å². The molecular weight excluding hydrogens is 395 g/mol. The van der Waals surface area contributed by atoms with Gasteiger partial charge in [-0.3, -0.25) is 24.5 Å². The third-order valence-electron chi connectivity index (χ3n) is 4.32. The van der Waals surface area contributed by atoms with Crippen molar-refractivity contribution in [1.29, 1.82) is 0 Å². The Balaban J connectivity index is 2.14. The Bertz CT molecular complexity index is 948. The number of hydrogen-bond donors (Lipinski definition) is 3. The number of non-ortho nitro benzene ring substituents is 1. The van der Waals surface area contributed by atoms with Crippen molar-refractivity contribution in [3.8, 4) is 0 Å². The molecule has 0 fully saturated rings. The van der Waals surface area contributed by atoms with E-state index in [0.717, 1.165) is 0 Å². The molecule has 0 saturated carbocycles. The number of halogens is 1. The minimum Gasteiger partial charge on any atom is -0.368 e. The van der Waals surface area contributed by atoms with Crippen LogP contribution in [-0.2, 0) is 27.2 Å². The van der Waals surface area contributed by atoms with Gasteiger partial charge < -0.3 is 16.4 Å². The van der Waals surface area contributed by atoms with Crippen LogP contribution in [-0.4, -0.2) is 34.7 Å². The molecule has 0 spiro atoms. The van der Waals surface area contributed by atoms with Crippen molar-refractivity contribution in [1.82, 2.24) is 10.6 Å². The smallest absolute Gasteiger partial charge is 0.269 e. The fourth-order valence-electron chi connectivity index (χ4n) is 2.82. The van der Waals surface area contributed by atoms with Crippen LogP contribution in [0.3, 0.4) is 0 Å². The molecule has 158 valence electrons. The highest BCUT2D eigenvalue weighted by atomic mass is 19.1. The zero-order valence-electron chi connectivity index (χ0n) is 16.1. The Hall–Kier alpha value is -3.82. The molecule has 0 saturated heterocycles. The number of nitro groups is 1. The van der Waals surface area contributed by atoms with Gasteiger partial charge in [0.15, 0.2) is 0 Å². The number of rotatable bonds is 9. The number of nitrogens with one attached hydrogen (secondary N) is 2. The number of carbonyl (C=O) groups is 3. The first-order chi connectivity index (χ1) is 14.2. The molecule has 2 aromatic carbocycles. The van der Waals surface area contributed by atoms with Crippen molar-refractivity contribution in [3.63, 3.8) is 0 Å². The van der Waals surface area contributed by atoms with E-state index < -0.39 is 40.5 Å². The van der Waals surface area contributed by atoms with E-state index in [1.807, 2.05) is 0 Å². The Morgan fingerprint density at radius 3 is 2.20 bits per heavy atom. The molecule has 10 heteroatoms. The van der Waals surface area contributed by atoms with Gasteiger partial charge in [-0.05, 0) is 17.2 Å². The molecule has 0 aliphatic rings. The van der Waals surface area contributed by atoms with Gasteiger partial charge in [-0.2, -0.15) is 0 Å². The average Bonchev–Trinajstić information content (AvgIpc) is 2.68. The maximum absolute atomic E-state index is 14.0. The van der Waals surface area contributed by atoms with Gasteiger partial charge in [0, 0.05) is 31.9 Å². The predicted octanol–water partition coefficient (Wildman–Crippen LogP) is 0.994. The summed E-state index contributed by atoms with van der Waals surface area (Å²) in [4.78, 5) is 46.2. The Morgan fingerprint density at radius 2 is 1.67 bits per heavy atom. The van der Waals surface area contributed by atoms with E-state index in [2.05, 4.69) is 10.6 Å². The van der Waals surface area contributed by atoms with Gasteiger partial charge >= 0.3 is 0 Å². The highest BCUT2D eigenvalue weighted by Gasteiger charge is 2.26. The number of amides is 3. The van der Waals surface area contributed by atoms with E-state index in [0.29, 0.717) is 5.56 Å². The molecule has 4 N–H and O–H groups in total. The number of hydrogen-bond acceptors (Lipinski definition) is 5. The minimum absolute atomic E-state index is 0.00838. The fourth-order valence-corrected chi connectivity index (χ4v) is 2.82. The Labute approximate surface area is 171 Å². The van der Waals surface area contributed by atoms with Gasteiger partial charge in [-0.15, -0.1) is 0 Å². The van der Waals surface area contributed by atoms with Gasteiger partial charge in [-0.1, -0.05) is 30.3 Å². The van der Waals surface area contributed by atoms with Crippen molar-refractivity contribution < 1.29 is 23.7 Å². The highest BCUT2D eigenvalue weighted by molar-refractivity contribution is 5.91. The summed E-state index contributed by atoms with van der Waals surface area (Å²) in [5.74, 6) is -2.57. The molecule has 0 heterocycles. The summed E-state index contributed by atoms with van der Waals surface area (Å²) >= 11 is 0. The summed E-state index contributed by atoms with van der Waals surface area (Å²) in [6, 6.07) is 9.01. The number of nitrogens with two attached hydrogens (primary N) is 1. The van der Waals surface area contributed by atoms with E-state index in [4.69, 9.17) is 5.73 Å². The third kappa shape index (κ3) is 6.36. The van der Waals surface area contributed by atoms with Crippen LogP contribution >= 0.6 is 0 Å². The second-order valence-corrected chi connectivity index (χ2v) is 6.64. The SMILES string of the molecule is CC(=O)N[C@@H](Cc1ccccc1F)C(=O)N[C@H](Cc1ccc([N+](=O)[O-])cc1)C(N)=O. The van der Waals surface area contributed by atoms with Crippen LogP contribution in [0, 0.1) is 15.9 Å². The number of carbonyl (C=O) groups excluding carboxylic acids is 3. The topological polar surface area (TPSA) is 144 Å². The molecule has 9 nitrogen and oxygen atoms in total. The zero-order valence-corrected chi connectivity index (χ0v) is 16.1. The van der Waals surface area contributed by atoms with Crippen LogP contribution in [0.4, 0.5) is 10.1 Å². The maximum atomic E-state index is 14.0. The lowest BCUT2D eigenvalue weighted by molar-refractivity contribution is -0.384. The van der Waals surface area contributed by atoms with Crippen molar-refractivity contribution in [2.75, 3.05) is 0 Å². The fraction of sp³-hybridized carbons (Fsp3) is 0.250. The van der Waals surface area contributed by atoms with Gasteiger partial charge in [0.25, 0.3) is 5.69 Å². The molecule has 0 unspecified atom stereocenters. The normalized spacial score (nSPS) is 12.5. The van der Waals surface area contributed by atoms with Gasteiger partial charge in [-0.25, -0.2) is 4.39 Å². The molecule has 0 bridgehead atoms. The molecular formula is C20H21FN4O5. The van der Waals surface area contributed by atoms with Crippen LogP contribution in [0.25, 0.3) is 0 Å². The van der Waals surface area contributed by atoms with Crippen molar-refractivity contribution in [2.24, 2.45) is 5.73 Å². The van der Waals surface area contributed by atoms with E-state index in [9.17, 15) is 28.9 Å². The standard InChI is InChI=1S/C20H21FN4O5/c1-12(26)23-18(11-14-4-2-3-5-16(14)21)20(28)24-17(19(22)27)10-13-6-8-15(9-7-13)25(29)30/h2-9,17-18H,10-11H2,1H3,(H2,22,27)(H,23,26)(H,24,28)/t17-,18+/m1/s1. The first kappa shape index (κ1) is 22.5. The van der Waals surface area contributed by atoms with E-state index in [-0.39, 0.29) is 24.1 Å². The Kier molecular flexibility index (Phi) is 7.56. The van der Waals surface area contributed by atoms with Crippen LogP contribution in [0.1, 0.15) is 18.1 Å². The first-order valence-corrected chi connectivity index (χ1v) is 9.01. The largest absolute Gasteiger partial charge is 0.368 e. The average molecular weight is 416 g/mol. The number of nitro benzene ring substituents is 1. The molecule has 3 amide bonds. The lowest BCUT2D eigenvalue weighted by Crippen LogP contribution is -2.54. The van der Waals surface area contributed by atoms with Gasteiger partial charge in [0.2, 0.25) is 17.7 Å². The number of benzene rings is 2. The minimum atomic E-state index is -1.13. The molecule has 30 heavy (non-hydrogen) atoms. The molecule has 2 atom stereocenters. The van der Waals surface area contributed by atoms with Crippen molar-refractivity contribution in [2.45, 2.75) is 31.8 Å². The van der Waals surface area contributed by atoms with Crippen LogP contribution in [0.2, 0.25) is 0 Å². The summed E-state index contributed by atoms with van der Waals surface area (Å²) in [6.07, 6.45) is -0.132. The predicted molar refractivity (Wildman–Crippen MR) is 106 cm³/mol. The monoisotopic (exact) mass is 416 g/mol. The Morgan fingerprint density at radius 1 is 1.03 bits per heavy atom. The van der Waals surface area contributed by atoms with E-state index >= 15 is 0 Å². The highest BCUT2D eigenvalue weighted by Crippen LogP contribution is 2.14. The lowest BCUT2D eigenvalue weighted by Gasteiger charge is -2.22. The first-order valence-electron chi connectivity index (χ1n) is 9.01. The lowest BCUT2D eigenvalue weighted by atomic mass is 10.0. The molecule has 0 radical (unpaired) electrons. The molecule has 2 aromatic rings. The molecule has 0 aliphatic carbocycles. The van der Waals surface area contributed by atoms with Crippen LogP contribution in [0.5, 0.6) is 0 Å². The van der Waals surface area contributed by atoms with E-state index in [1.54, 1.807) is 6.07 Å². The summed E-state index contributed by atoms with van der Waals surface area (Å²) in [5, 5.41) is 15.6. The molecule has 0 aliphatic heterocycles. The second kappa shape index (κ2) is 10.1. The number of nitrogens with zero attached hydrogens (tertiary/aromatic N) is 1. The zero-order chi connectivity index (χ0) is 22.3. The van der Waals surface area contributed by atoms with Crippen LogP contribution < -0.4 is 16.4 Å². The van der Waals surface area contributed by atoms with Gasteiger partial charge in [0.1, 0.15) is 17.9 Å². The quantitative estimate of drug-likeness (QED) is 0.412. The summed E-state index contributed by atoms with van der Waals surface area (Å²) in [7, 11) is 0. The summed E-state index contributed by atoms with van der Waals surface area (Å²) in [6.45, 7) is 1.21.